The molecular weight excluding hydrogens is 524 g/mol. The predicted molar refractivity (Wildman–Crippen MR) is 164 cm³/mol. The van der Waals surface area contributed by atoms with Crippen LogP contribution in [0.4, 0.5) is 0 Å². The van der Waals surface area contributed by atoms with Crippen molar-refractivity contribution < 1.29 is 22.1 Å². The van der Waals surface area contributed by atoms with E-state index in [4.69, 9.17) is 14.7 Å². The summed E-state index contributed by atoms with van der Waals surface area (Å²) in [4.78, 5) is 13.2. The van der Waals surface area contributed by atoms with E-state index < -0.39 is 16.2 Å². The molecule has 0 heterocycles. The van der Waals surface area contributed by atoms with Gasteiger partial charge in [0, 0.05) is 11.1 Å². The van der Waals surface area contributed by atoms with Crippen LogP contribution >= 0.6 is 0 Å². The van der Waals surface area contributed by atoms with Crippen LogP contribution in [0.5, 0.6) is 11.5 Å². The van der Waals surface area contributed by atoms with Gasteiger partial charge in [0.25, 0.3) is 0 Å². The first-order chi connectivity index (χ1) is 18.6. The van der Waals surface area contributed by atoms with Gasteiger partial charge in [0.2, 0.25) is 5.91 Å². The number of rotatable bonds is 14. The molecule has 0 aliphatic heterocycles. The summed E-state index contributed by atoms with van der Waals surface area (Å²) >= 11 is 0. The van der Waals surface area contributed by atoms with Crippen molar-refractivity contribution >= 4 is 16.2 Å². The monoisotopic (exact) mass is 574 g/mol. The number of carbonyl (C=O) groups is 1. The molecule has 0 aromatic heterocycles. The van der Waals surface area contributed by atoms with Crippen molar-refractivity contribution in [3.05, 3.63) is 57.6 Å². The highest BCUT2D eigenvalue weighted by molar-refractivity contribution is 7.85. The number of amides is 1. The number of nitrogens with two attached hydrogens (primary N) is 1. The zero-order valence-electron chi connectivity index (χ0n) is 26.1. The minimum absolute atomic E-state index is 0.0434. The first-order valence-corrected chi connectivity index (χ1v) is 15.9. The molecule has 0 saturated carbocycles. The van der Waals surface area contributed by atoms with Crippen LogP contribution in [0.15, 0.2) is 24.3 Å². The van der Waals surface area contributed by atoms with E-state index in [2.05, 4.69) is 58.4 Å². The van der Waals surface area contributed by atoms with Crippen LogP contribution in [0.25, 0.3) is 0 Å². The van der Waals surface area contributed by atoms with Gasteiger partial charge in [-0.15, -0.1) is 0 Å². The van der Waals surface area contributed by atoms with Gasteiger partial charge in [0.1, 0.15) is 5.75 Å². The molecule has 2 aromatic carbocycles. The third kappa shape index (κ3) is 8.96. The quantitative estimate of drug-likeness (QED) is 0.235. The lowest BCUT2D eigenvalue weighted by Gasteiger charge is -2.23. The number of carbonyl (C=O) groups excluding carboxylic acids is 1. The number of ether oxygens (including phenoxy) is 1. The second kappa shape index (κ2) is 14.4. The Kier molecular flexibility index (Phi) is 12.1. The lowest BCUT2D eigenvalue weighted by molar-refractivity contribution is -0.118. The zero-order chi connectivity index (χ0) is 30.4. The third-order valence-corrected chi connectivity index (χ3v) is 7.87. The Morgan fingerprint density at radius 1 is 0.775 bits per heavy atom. The van der Waals surface area contributed by atoms with Gasteiger partial charge in [-0.25, -0.2) is 4.72 Å². The van der Waals surface area contributed by atoms with Crippen molar-refractivity contribution in [2.45, 2.75) is 112 Å². The van der Waals surface area contributed by atoms with Crippen LogP contribution in [-0.4, -0.2) is 27.5 Å². The van der Waals surface area contributed by atoms with E-state index in [-0.39, 0.29) is 35.8 Å². The summed E-state index contributed by atoms with van der Waals surface area (Å²) in [6.45, 7) is 21.5. The largest absolute Gasteiger partial charge is 0.494 e. The van der Waals surface area contributed by atoms with Gasteiger partial charge in [-0.05, 0) is 76.9 Å². The predicted octanol–water partition coefficient (Wildman–Crippen LogP) is 7.01. The minimum Gasteiger partial charge on any atom is -0.494 e. The van der Waals surface area contributed by atoms with Crippen LogP contribution in [0.1, 0.15) is 139 Å². The van der Waals surface area contributed by atoms with Gasteiger partial charge in [-0.2, -0.15) is 8.42 Å². The molecule has 8 heteroatoms. The maximum absolute atomic E-state index is 13.2. The molecule has 0 unspecified atom stereocenters. The fraction of sp³-hybridized carbons (Fsp3) is 0.594. The van der Waals surface area contributed by atoms with Crippen molar-refractivity contribution in [1.82, 2.24) is 4.72 Å². The highest BCUT2D eigenvalue weighted by Gasteiger charge is 2.26. The summed E-state index contributed by atoms with van der Waals surface area (Å²) in [5.74, 6) is 0.871. The molecule has 0 atom stereocenters. The fourth-order valence-electron chi connectivity index (χ4n) is 4.73. The maximum atomic E-state index is 13.2. The SMILES string of the molecule is CC(C)c1cc(C(C)C)c(CC(=O)NS(=O)(=O)Oc2c(C(C)C)cc(OCCCN)cc2C(C)C)c(C(C)C)c1. The molecule has 2 rings (SSSR count). The highest BCUT2D eigenvalue weighted by Crippen LogP contribution is 2.39. The standard InChI is InChI=1S/C32H50N2O5S/c1-19(2)24-14-26(20(3)4)30(27(15-24)21(5)6)18-31(35)34-40(36,37)39-32-28(22(7)8)16-25(38-13-11-12-33)17-29(32)23(9)10/h14-17,19-23H,11-13,18,33H2,1-10H3,(H,34,35). The second-order valence-corrected chi connectivity index (χ2v) is 13.4. The van der Waals surface area contributed by atoms with Crippen LogP contribution in [0.2, 0.25) is 0 Å². The van der Waals surface area contributed by atoms with Gasteiger partial charge >= 0.3 is 10.3 Å². The Hall–Kier alpha value is -2.58. The molecule has 2 aromatic rings. The topological polar surface area (TPSA) is 108 Å². The molecule has 0 saturated heterocycles. The van der Waals surface area contributed by atoms with Crippen molar-refractivity contribution in [1.29, 1.82) is 0 Å². The van der Waals surface area contributed by atoms with Crippen molar-refractivity contribution in [2.24, 2.45) is 5.73 Å². The molecule has 0 bridgehead atoms. The Bertz CT molecular complexity index is 1210. The average Bonchev–Trinajstić information content (AvgIpc) is 2.83. The molecule has 0 spiro atoms. The molecule has 0 radical (unpaired) electrons. The number of hydrogen-bond donors (Lipinski definition) is 2. The molecular formula is C32H50N2O5S. The normalized spacial score (nSPS) is 12.2. The van der Waals surface area contributed by atoms with Crippen molar-refractivity contribution in [2.75, 3.05) is 13.2 Å². The molecule has 0 fully saturated rings. The Morgan fingerprint density at radius 2 is 1.25 bits per heavy atom. The minimum atomic E-state index is -4.44. The molecule has 3 N–H and O–H groups in total. The van der Waals surface area contributed by atoms with Gasteiger partial charge < -0.3 is 14.7 Å². The van der Waals surface area contributed by atoms with Crippen molar-refractivity contribution in [3.8, 4) is 11.5 Å². The Balaban J connectivity index is 2.42. The fourth-order valence-corrected chi connectivity index (χ4v) is 5.54. The Labute approximate surface area is 242 Å². The van der Waals surface area contributed by atoms with E-state index in [1.165, 1.54) is 5.56 Å². The van der Waals surface area contributed by atoms with Crippen LogP contribution in [-0.2, 0) is 21.5 Å². The van der Waals surface area contributed by atoms with E-state index >= 15 is 0 Å². The van der Waals surface area contributed by atoms with Gasteiger partial charge in [-0.1, -0.05) is 81.4 Å². The molecule has 40 heavy (non-hydrogen) atoms. The molecule has 7 nitrogen and oxygen atoms in total. The molecule has 224 valence electrons. The first-order valence-electron chi connectivity index (χ1n) is 14.5. The number of nitrogens with one attached hydrogen (secondary N) is 1. The molecule has 1 amide bonds. The summed E-state index contributed by atoms with van der Waals surface area (Å²) in [5, 5.41) is 0. The smallest absolute Gasteiger partial charge is 0.409 e. The average molecular weight is 575 g/mol. The summed E-state index contributed by atoms with van der Waals surface area (Å²) in [5.41, 5.74) is 11.2. The summed E-state index contributed by atoms with van der Waals surface area (Å²) in [6.07, 6.45) is 0.661. The lowest BCUT2D eigenvalue weighted by atomic mass is 9.83. The van der Waals surface area contributed by atoms with Crippen molar-refractivity contribution in [3.63, 3.8) is 0 Å². The lowest BCUT2D eigenvalue weighted by Crippen LogP contribution is -2.36. The van der Waals surface area contributed by atoms with E-state index in [1.807, 2.05) is 27.7 Å². The van der Waals surface area contributed by atoms with Crippen LogP contribution in [0, 0.1) is 0 Å². The van der Waals surface area contributed by atoms with Crippen LogP contribution < -0.4 is 19.4 Å². The van der Waals surface area contributed by atoms with Gasteiger partial charge in [0.15, 0.2) is 5.75 Å². The zero-order valence-corrected chi connectivity index (χ0v) is 26.9. The second-order valence-electron chi connectivity index (χ2n) is 12.1. The maximum Gasteiger partial charge on any atom is 0.409 e. The van der Waals surface area contributed by atoms with Gasteiger partial charge in [0.05, 0.1) is 13.0 Å². The molecule has 0 aliphatic rings. The van der Waals surface area contributed by atoms with E-state index in [1.54, 1.807) is 12.1 Å². The van der Waals surface area contributed by atoms with E-state index in [0.29, 0.717) is 42.4 Å². The number of benzene rings is 2. The van der Waals surface area contributed by atoms with Crippen LogP contribution in [0.3, 0.4) is 0 Å². The van der Waals surface area contributed by atoms with Gasteiger partial charge in [-0.3, -0.25) is 4.79 Å². The third-order valence-electron chi connectivity index (χ3n) is 7.00. The molecule has 0 aliphatic carbocycles. The number of hydrogen-bond acceptors (Lipinski definition) is 6. The first kappa shape index (κ1) is 33.6. The summed E-state index contributed by atoms with van der Waals surface area (Å²) in [6, 6.07) is 7.91. The summed E-state index contributed by atoms with van der Waals surface area (Å²) in [7, 11) is -4.44. The highest BCUT2D eigenvalue weighted by atomic mass is 32.2. The van der Waals surface area contributed by atoms with E-state index in [9.17, 15) is 13.2 Å². The van der Waals surface area contributed by atoms with E-state index in [0.717, 1.165) is 16.7 Å². The summed E-state index contributed by atoms with van der Waals surface area (Å²) < 4.78 is 40.2. The Morgan fingerprint density at radius 3 is 1.65 bits per heavy atom.